The van der Waals surface area contributed by atoms with E-state index in [2.05, 4.69) is 5.32 Å². The number of carbonyl (C=O) groups excluding carboxylic acids is 2. The molecule has 1 atom stereocenters. The first-order chi connectivity index (χ1) is 11.8. The van der Waals surface area contributed by atoms with Gasteiger partial charge in [0, 0.05) is 50.9 Å². The van der Waals surface area contributed by atoms with Gasteiger partial charge in [0.05, 0.1) is 11.7 Å². The quantitative estimate of drug-likeness (QED) is 0.719. The monoisotopic (exact) mass is 372 g/mol. The lowest BCUT2D eigenvalue weighted by molar-refractivity contribution is -0.130. The van der Waals surface area contributed by atoms with E-state index in [9.17, 15) is 18.0 Å². The highest BCUT2D eigenvalue weighted by molar-refractivity contribution is 7.90. The summed E-state index contributed by atoms with van der Waals surface area (Å²) in [7, 11) is -3.17. The maximum Gasteiger partial charge on any atom is 0.225 e. The minimum absolute atomic E-state index is 0.0121. The van der Waals surface area contributed by atoms with Crippen LogP contribution in [0.5, 0.6) is 0 Å². The molecule has 8 heteroatoms. The van der Waals surface area contributed by atoms with E-state index in [-0.39, 0.29) is 35.3 Å². The van der Waals surface area contributed by atoms with Gasteiger partial charge in [0.1, 0.15) is 9.84 Å². The van der Waals surface area contributed by atoms with Gasteiger partial charge in [0.25, 0.3) is 0 Å². The van der Waals surface area contributed by atoms with Crippen molar-refractivity contribution in [3.8, 4) is 0 Å². The number of ether oxygens (including phenoxy) is 1. The molecule has 0 radical (unpaired) electrons. The van der Waals surface area contributed by atoms with Gasteiger partial charge in [-0.1, -0.05) is 0 Å². The van der Waals surface area contributed by atoms with Crippen LogP contribution in [0.15, 0.2) is 0 Å². The molecule has 0 bridgehead atoms. The molecular weight excluding hydrogens is 344 g/mol. The number of sulfone groups is 1. The lowest BCUT2D eigenvalue weighted by Gasteiger charge is -2.37. The smallest absolute Gasteiger partial charge is 0.225 e. The van der Waals surface area contributed by atoms with Gasteiger partial charge >= 0.3 is 0 Å². The van der Waals surface area contributed by atoms with Crippen LogP contribution >= 0.6 is 0 Å². The van der Waals surface area contributed by atoms with Crippen molar-refractivity contribution in [2.24, 2.45) is 17.3 Å². The first-order valence-electron chi connectivity index (χ1n) is 9.10. The highest BCUT2D eigenvalue weighted by Gasteiger charge is 2.51. The number of carbonyl (C=O) groups is 2. The molecular formula is C17H28N2O5S. The molecule has 3 fully saturated rings. The Morgan fingerprint density at radius 2 is 1.92 bits per heavy atom. The fourth-order valence-electron chi connectivity index (χ4n) is 3.93. The third kappa shape index (κ3) is 4.73. The Bertz CT molecular complexity index is 623. The Kier molecular flexibility index (Phi) is 5.39. The van der Waals surface area contributed by atoms with Crippen LogP contribution in [0.2, 0.25) is 0 Å². The van der Waals surface area contributed by atoms with Crippen molar-refractivity contribution in [3.63, 3.8) is 0 Å². The SMILES string of the molecule is CS(=O)(=O)CCC(=O)N1CC(C(=O)NCC2CC2)C2(CCOCC2)C1. The Morgan fingerprint density at radius 3 is 2.52 bits per heavy atom. The van der Waals surface area contributed by atoms with E-state index in [0.717, 1.165) is 25.6 Å². The molecule has 2 amide bonds. The second-order valence-corrected chi connectivity index (χ2v) is 10.1. The average Bonchev–Trinajstić information content (AvgIpc) is 3.32. The molecule has 1 saturated carbocycles. The van der Waals surface area contributed by atoms with Crippen LogP contribution in [0.3, 0.4) is 0 Å². The van der Waals surface area contributed by atoms with Crippen LogP contribution in [0.25, 0.3) is 0 Å². The summed E-state index contributed by atoms with van der Waals surface area (Å²) < 4.78 is 28.1. The van der Waals surface area contributed by atoms with Gasteiger partial charge in [-0.25, -0.2) is 8.42 Å². The summed E-state index contributed by atoms with van der Waals surface area (Å²) in [5.74, 6) is 0.110. The molecule has 0 aromatic heterocycles. The maximum atomic E-state index is 12.8. The highest BCUT2D eigenvalue weighted by Crippen LogP contribution is 2.44. The van der Waals surface area contributed by atoms with Crippen LogP contribution in [0.1, 0.15) is 32.1 Å². The topological polar surface area (TPSA) is 92.8 Å². The second kappa shape index (κ2) is 7.23. The van der Waals surface area contributed by atoms with Crippen molar-refractivity contribution in [1.29, 1.82) is 0 Å². The zero-order valence-corrected chi connectivity index (χ0v) is 15.6. The van der Waals surface area contributed by atoms with E-state index in [1.165, 1.54) is 12.8 Å². The lowest BCUT2D eigenvalue weighted by atomic mass is 9.71. The zero-order valence-electron chi connectivity index (χ0n) is 14.8. The van der Waals surface area contributed by atoms with Crippen molar-refractivity contribution in [2.45, 2.75) is 32.1 Å². The van der Waals surface area contributed by atoms with E-state index in [4.69, 9.17) is 4.74 Å². The molecule has 0 aromatic rings. The largest absolute Gasteiger partial charge is 0.381 e. The summed E-state index contributed by atoms with van der Waals surface area (Å²) in [5.41, 5.74) is -0.230. The van der Waals surface area contributed by atoms with E-state index in [1.807, 2.05) is 0 Å². The van der Waals surface area contributed by atoms with Gasteiger partial charge in [-0.15, -0.1) is 0 Å². The number of amides is 2. The molecule has 1 unspecified atom stereocenters. The van der Waals surface area contributed by atoms with Crippen molar-refractivity contribution in [3.05, 3.63) is 0 Å². The Hall–Kier alpha value is -1.15. The molecule has 142 valence electrons. The highest BCUT2D eigenvalue weighted by atomic mass is 32.2. The molecule has 25 heavy (non-hydrogen) atoms. The number of nitrogens with one attached hydrogen (secondary N) is 1. The van der Waals surface area contributed by atoms with Crippen LogP contribution in [0, 0.1) is 17.3 Å². The summed E-state index contributed by atoms with van der Waals surface area (Å²) in [4.78, 5) is 26.9. The van der Waals surface area contributed by atoms with Gasteiger partial charge in [0.15, 0.2) is 0 Å². The van der Waals surface area contributed by atoms with E-state index >= 15 is 0 Å². The van der Waals surface area contributed by atoms with Gasteiger partial charge in [0.2, 0.25) is 11.8 Å². The van der Waals surface area contributed by atoms with Gasteiger partial charge in [-0.05, 0) is 31.6 Å². The van der Waals surface area contributed by atoms with Crippen molar-refractivity contribution in [1.82, 2.24) is 10.2 Å². The van der Waals surface area contributed by atoms with Gasteiger partial charge in [-0.3, -0.25) is 9.59 Å². The molecule has 7 nitrogen and oxygen atoms in total. The molecule has 1 N–H and O–H groups in total. The molecule has 3 rings (SSSR count). The molecule has 1 aliphatic carbocycles. The van der Waals surface area contributed by atoms with Crippen LogP contribution in [0.4, 0.5) is 0 Å². The first kappa shape index (κ1) is 18.6. The van der Waals surface area contributed by atoms with Gasteiger partial charge in [-0.2, -0.15) is 0 Å². The second-order valence-electron chi connectivity index (χ2n) is 7.87. The molecule has 2 heterocycles. The molecule has 2 saturated heterocycles. The Balaban J connectivity index is 1.66. The predicted molar refractivity (Wildman–Crippen MR) is 92.6 cm³/mol. The third-order valence-electron chi connectivity index (χ3n) is 5.75. The Morgan fingerprint density at radius 1 is 1.24 bits per heavy atom. The van der Waals surface area contributed by atoms with Crippen LogP contribution in [-0.4, -0.2) is 70.0 Å². The van der Waals surface area contributed by atoms with Crippen LogP contribution in [-0.2, 0) is 24.2 Å². The standard InChI is InChI=1S/C17H28N2O5S/c1-25(22,23)9-4-15(20)19-11-14(16(21)18-10-13-2-3-13)17(12-19)5-7-24-8-6-17/h13-14H,2-12H2,1H3,(H,18,21). The number of nitrogens with zero attached hydrogens (tertiary/aromatic N) is 1. The maximum absolute atomic E-state index is 12.8. The molecule has 1 spiro atoms. The number of hydrogen-bond acceptors (Lipinski definition) is 5. The number of rotatable bonds is 6. The van der Waals surface area contributed by atoms with Crippen molar-refractivity contribution in [2.75, 3.05) is 44.9 Å². The molecule has 0 aromatic carbocycles. The molecule has 3 aliphatic rings. The fourth-order valence-corrected chi connectivity index (χ4v) is 4.47. The zero-order chi connectivity index (χ0) is 18.1. The fraction of sp³-hybridized carbons (Fsp3) is 0.882. The third-order valence-corrected chi connectivity index (χ3v) is 6.70. The summed E-state index contributed by atoms with van der Waals surface area (Å²) >= 11 is 0. The van der Waals surface area contributed by atoms with E-state index in [1.54, 1.807) is 4.90 Å². The van der Waals surface area contributed by atoms with Crippen molar-refractivity contribution >= 4 is 21.7 Å². The molecule has 2 aliphatic heterocycles. The minimum Gasteiger partial charge on any atom is -0.381 e. The first-order valence-corrected chi connectivity index (χ1v) is 11.2. The normalized spacial score (nSPS) is 26.0. The van der Waals surface area contributed by atoms with Crippen molar-refractivity contribution < 1.29 is 22.7 Å². The lowest BCUT2D eigenvalue weighted by Crippen LogP contribution is -2.44. The summed E-state index contributed by atoms with van der Waals surface area (Å²) in [6.07, 6.45) is 5.02. The summed E-state index contributed by atoms with van der Waals surface area (Å²) in [5, 5.41) is 3.06. The summed E-state index contributed by atoms with van der Waals surface area (Å²) in [6.45, 7) is 2.86. The van der Waals surface area contributed by atoms with Gasteiger partial charge < -0.3 is 15.0 Å². The number of hydrogen-bond donors (Lipinski definition) is 1. The van der Waals surface area contributed by atoms with Crippen LogP contribution < -0.4 is 5.32 Å². The van der Waals surface area contributed by atoms with E-state index < -0.39 is 9.84 Å². The van der Waals surface area contributed by atoms with E-state index in [0.29, 0.717) is 32.2 Å². The summed E-state index contributed by atoms with van der Waals surface area (Å²) in [6, 6.07) is 0. The Labute approximate surface area is 149 Å². The minimum atomic E-state index is -3.17. The average molecular weight is 372 g/mol. The number of likely N-dealkylation sites (tertiary alicyclic amines) is 1. The predicted octanol–water partition coefficient (Wildman–Crippen LogP) is 0.203.